The van der Waals surface area contributed by atoms with Gasteiger partial charge in [-0.15, -0.1) is 0 Å². The largest absolute Gasteiger partial charge is 0.389 e. The smallest absolute Gasteiger partial charge is 0.220 e. The Kier molecular flexibility index (Phi) is 8.72. The van der Waals surface area contributed by atoms with E-state index in [0.717, 1.165) is 19.3 Å². The molecule has 1 aromatic rings. The third kappa shape index (κ3) is 7.35. The predicted octanol–water partition coefficient (Wildman–Crippen LogP) is 3.52. The number of ketones is 1. The van der Waals surface area contributed by atoms with Gasteiger partial charge in [-0.2, -0.15) is 0 Å². The first kappa shape index (κ1) is 20.8. The first-order valence-electron chi connectivity index (χ1n) is 9.63. The third-order valence-corrected chi connectivity index (χ3v) is 4.63. The Morgan fingerprint density at radius 1 is 1.30 bits per heavy atom. The van der Waals surface area contributed by atoms with Gasteiger partial charge in [-0.05, 0) is 44.2 Å². The summed E-state index contributed by atoms with van der Waals surface area (Å²) in [5, 5.41) is 13.0. The number of aliphatic hydroxyl groups is 1. The molecule has 3 atom stereocenters. The minimum Gasteiger partial charge on any atom is -0.389 e. The van der Waals surface area contributed by atoms with Gasteiger partial charge < -0.3 is 10.4 Å². The number of carbonyl (C=O) groups excluding carboxylic acids is 2. The molecule has 1 aliphatic carbocycles. The molecule has 0 saturated carbocycles. The molecule has 4 heteroatoms. The average Bonchev–Trinajstić information content (AvgIpc) is 3.02. The summed E-state index contributed by atoms with van der Waals surface area (Å²) in [7, 11) is 0. The molecule has 0 heterocycles. The highest BCUT2D eigenvalue weighted by atomic mass is 16.3. The van der Waals surface area contributed by atoms with Gasteiger partial charge in [-0.3, -0.25) is 9.59 Å². The lowest BCUT2D eigenvalue weighted by molar-refractivity contribution is -0.125. The van der Waals surface area contributed by atoms with Gasteiger partial charge in [0.15, 0.2) is 5.78 Å². The van der Waals surface area contributed by atoms with Crippen molar-refractivity contribution in [2.24, 2.45) is 5.92 Å². The lowest BCUT2D eigenvalue weighted by Gasteiger charge is -2.17. The summed E-state index contributed by atoms with van der Waals surface area (Å²) in [4.78, 5) is 24.1. The van der Waals surface area contributed by atoms with Crippen molar-refractivity contribution in [1.29, 1.82) is 0 Å². The van der Waals surface area contributed by atoms with Crippen LogP contribution in [0.2, 0.25) is 0 Å². The Bertz CT molecular complexity index is 691. The predicted molar refractivity (Wildman–Crippen MR) is 108 cm³/mol. The number of hydrogen-bond acceptors (Lipinski definition) is 3. The molecule has 144 valence electrons. The molecule has 0 saturated heterocycles. The van der Waals surface area contributed by atoms with Gasteiger partial charge in [-0.1, -0.05) is 60.7 Å². The molecule has 2 N–H and O–H groups in total. The molecular formula is C23H29NO3. The summed E-state index contributed by atoms with van der Waals surface area (Å²) < 4.78 is 0. The summed E-state index contributed by atoms with van der Waals surface area (Å²) in [5.74, 6) is -0.404. The van der Waals surface area contributed by atoms with Gasteiger partial charge in [0.1, 0.15) is 6.04 Å². The molecule has 1 aromatic carbocycles. The second kappa shape index (κ2) is 11.3. The molecule has 0 radical (unpaired) electrons. The van der Waals surface area contributed by atoms with Gasteiger partial charge in [0.25, 0.3) is 0 Å². The van der Waals surface area contributed by atoms with Crippen molar-refractivity contribution < 1.29 is 14.7 Å². The molecule has 0 aromatic heterocycles. The number of unbranched alkanes of at least 4 members (excludes halogenated alkanes) is 1. The highest BCUT2D eigenvalue weighted by Gasteiger charge is 2.29. The molecule has 1 amide bonds. The van der Waals surface area contributed by atoms with Gasteiger partial charge in [-0.25, -0.2) is 0 Å². The van der Waals surface area contributed by atoms with Gasteiger partial charge in [0, 0.05) is 12.3 Å². The third-order valence-electron chi connectivity index (χ3n) is 4.63. The van der Waals surface area contributed by atoms with Gasteiger partial charge in [0.05, 0.1) is 6.10 Å². The molecule has 0 bridgehead atoms. The first-order chi connectivity index (χ1) is 13.1. The maximum atomic E-state index is 12.1. The van der Waals surface area contributed by atoms with E-state index in [1.165, 1.54) is 11.6 Å². The molecule has 1 aliphatic rings. The second-order valence-electron chi connectivity index (χ2n) is 6.82. The fourth-order valence-electron chi connectivity index (χ4n) is 3.06. The van der Waals surface area contributed by atoms with E-state index in [9.17, 15) is 14.7 Å². The van der Waals surface area contributed by atoms with Gasteiger partial charge >= 0.3 is 0 Å². The van der Waals surface area contributed by atoms with Crippen molar-refractivity contribution >= 4 is 11.7 Å². The number of carbonyl (C=O) groups is 2. The Hall–Kier alpha value is -2.46. The SMILES string of the molecule is CC=CCCCC(=O)N[C@H]1C(=O)C=C[C@@H]1C=CC(O)CCc1ccccc1. The minimum absolute atomic E-state index is 0.0924. The molecular weight excluding hydrogens is 338 g/mol. The van der Waals surface area contributed by atoms with Gasteiger partial charge in [0.2, 0.25) is 5.91 Å². The molecule has 27 heavy (non-hydrogen) atoms. The molecule has 2 rings (SSSR count). The molecule has 0 aliphatic heterocycles. The maximum absolute atomic E-state index is 12.1. The number of nitrogens with one attached hydrogen (secondary N) is 1. The molecule has 4 nitrogen and oxygen atoms in total. The maximum Gasteiger partial charge on any atom is 0.220 e. The number of benzene rings is 1. The van der Waals surface area contributed by atoms with E-state index in [-0.39, 0.29) is 17.6 Å². The normalized spacial score (nSPS) is 20.6. The van der Waals surface area contributed by atoms with Crippen LogP contribution in [0.3, 0.4) is 0 Å². The summed E-state index contributed by atoms with van der Waals surface area (Å²) in [5.41, 5.74) is 1.18. The lowest BCUT2D eigenvalue weighted by Crippen LogP contribution is -2.41. The quantitative estimate of drug-likeness (QED) is 0.491. The standard InChI is InChI=1S/C23H29NO3/c1-2-3-4-8-11-22(27)24-23-19(14-17-21(23)26)13-16-20(25)15-12-18-9-6-5-7-10-18/h2-3,5-7,9-10,13-14,16-17,19-20,23,25H,4,8,11-12,15H2,1H3,(H,24,27)/t19-,20?,23+/m0/s1. The van der Waals surface area contributed by atoms with Crippen molar-refractivity contribution in [3.8, 4) is 0 Å². The monoisotopic (exact) mass is 367 g/mol. The minimum atomic E-state index is -0.577. The van der Waals surface area contributed by atoms with Crippen LogP contribution < -0.4 is 5.32 Å². The zero-order valence-corrected chi connectivity index (χ0v) is 15.9. The summed E-state index contributed by atoms with van der Waals surface area (Å²) in [6, 6.07) is 9.46. The van der Waals surface area contributed by atoms with E-state index in [1.807, 2.05) is 55.5 Å². The fraction of sp³-hybridized carbons (Fsp3) is 0.391. The van der Waals surface area contributed by atoms with Crippen molar-refractivity contribution in [2.75, 3.05) is 0 Å². The zero-order chi connectivity index (χ0) is 19.5. The molecule has 1 unspecified atom stereocenters. The average molecular weight is 367 g/mol. The number of hydrogen-bond donors (Lipinski definition) is 2. The first-order valence-corrected chi connectivity index (χ1v) is 9.63. The molecule has 0 spiro atoms. The Morgan fingerprint density at radius 3 is 2.81 bits per heavy atom. The number of rotatable bonds is 10. The number of aryl methyl sites for hydroxylation is 1. The van der Waals surface area contributed by atoms with Crippen molar-refractivity contribution in [3.05, 3.63) is 72.4 Å². The van der Waals surface area contributed by atoms with E-state index in [2.05, 4.69) is 5.32 Å². The van der Waals surface area contributed by atoms with Crippen LogP contribution in [0, 0.1) is 5.92 Å². The second-order valence-corrected chi connectivity index (χ2v) is 6.82. The van der Waals surface area contributed by atoms with Crippen molar-refractivity contribution in [3.63, 3.8) is 0 Å². The fourth-order valence-corrected chi connectivity index (χ4v) is 3.06. The van der Waals surface area contributed by atoms with Crippen LogP contribution in [0.5, 0.6) is 0 Å². The summed E-state index contributed by atoms with van der Waals surface area (Å²) >= 11 is 0. The Balaban J connectivity index is 1.80. The van der Waals surface area contributed by atoms with E-state index < -0.39 is 12.1 Å². The number of amides is 1. The van der Waals surface area contributed by atoms with Crippen LogP contribution in [-0.2, 0) is 16.0 Å². The van der Waals surface area contributed by atoms with Crippen LogP contribution in [0.25, 0.3) is 0 Å². The summed E-state index contributed by atoms with van der Waals surface area (Å²) in [6.45, 7) is 1.95. The van der Waals surface area contributed by atoms with Crippen molar-refractivity contribution in [2.45, 2.75) is 51.2 Å². The topological polar surface area (TPSA) is 66.4 Å². The van der Waals surface area contributed by atoms with Crippen molar-refractivity contribution in [1.82, 2.24) is 5.32 Å². The Morgan fingerprint density at radius 2 is 2.07 bits per heavy atom. The van der Waals surface area contributed by atoms with E-state index in [4.69, 9.17) is 0 Å². The van der Waals surface area contributed by atoms with Crippen LogP contribution in [0.4, 0.5) is 0 Å². The number of aliphatic hydroxyl groups excluding tert-OH is 1. The zero-order valence-electron chi connectivity index (χ0n) is 15.9. The highest BCUT2D eigenvalue weighted by Crippen LogP contribution is 2.18. The van der Waals surface area contributed by atoms with E-state index in [1.54, 1.807) is 12.2 Å². The molecule has 0 fully saturated rings. The number of allylic oxidation sites excluding steroid dienone is 2. The van der Waals surface area contributed by atoms with E-state index >= 15 is 0 Å². The summed E-state index contributed by atoms with van der Waals surface area (Å²) in [6.07, 6.45) is 13.7. The van der Waals surface area contributed by atoms with E-state index in [0.29, 0.717) is 12.8 Å². The van der Waals surface area contributed by atoms with Crippen LogP contribution >= 0.6 is 0 Å². The van der Waals surface area contributed by atoms with Crippen LogP contribution in [0.1, 0.15) is 38.2 Å². The highest BCUT2D eigenvalue weighted by molar-refractivity contribution is 5.99. The Labute approximate surface area is 161 Å². The van der Waals surface area contributed by atoms with Crippen LogP contribution in [-0.4, -0.2) is 28.9 Å². The lowest BCUT2D eigenvalue weighted by atomic mass is 10.00. The van der Waals surface area contributed by atoms with Crippen LogP contribution in [0.15, 0.2) is 66.8 Å².